The van der Waals surface area contributed by atoms with Gasteiger partial charge in [0.15, 0.2) is 0 Å². The van der Waals surface area contributed by atoms with Crippen LogP contribution in [0.1, 0.15) is 26.4 Å². The first kappa shape index (κ1) is 20.9. The molecule has 152 valence electrons. The summed E-state index contributed by atoms with van der Waals surface area (Å²) in [6, 6.07) is 7.26. The van der Waals surface area contributed by atoms with E-state index >= 15 is 0 Å². The second-order valence-electron chi connectivity index (χ2n) is 6.60. The lowest BCUT2D eigenvalue weighted by atomic mass is 9.91. The van der Waals surface area contributed by atoms with Crippen LogP contribution in [0.4, 0.5) is 5.69 Å². The van der Waals surface area contributed by atoms with Crippen LogP contribution < -0.4 is 10.0 Å². The maximum atomic E-state index is 12.5. The minimum absolute atomic E-state index is 0.148. The monoisotopic (exact) mass is 430 g/mol. The van der Waals surface area contributed by atoms with Crippen LogP contribution in [0.5, 0.6) is 0 Å². The number of amides is 1. The smallest absolute Gasteiger partial charge is 0.262 e. The van der Waals surface area contributed by atoms with Crippen LogP contribution in [0.15, 0.2) is 54.1 Å². The van der Waals surface area contributed by atoms with Crippen molar-refractivity contribution in [2.24, 2.45) is 0 Å². The topological polar surface area (TPSA) is 84.5 Å². The van der Waals surface area contributed by atoms with Gasteiger partial charge in [-0.15, -0.1) is 11.3 Å². The molecule has 3 rings (SSSR count). The van der Waals surface area contributed by atoms with Crippen LogP contribution in [-0.4, -0.2) is 34.2 Å². The van der Waals surface area contributed by atoms with Crippen molar-refractivity contribution in [3.05, 3.63) is 75.7 Å². The largest absolute Gasteiger partial charge is 0.496 e. The average molecular weight is 431 g/mol. The molecule has 0 spiro atoms. The van der Waals surface area contributed by atoms with E-state index in [2.05, 4.69) is 16.6 Å². The zero-order valence-electron chi connectivity index (χ0n) is 16.4. The van der Waals surface area contributed by atoms with Crippen LogP contribution in [0.2, 0.25) is 0 Å². The van der Waals surface area contributed by atoms with Gasteiger partial charge in [0.2, 0.25) is 10.0 Å². The predicted molar refractivity (Wildman–Crippen MR) is 118 cm³/mol. The fourth-order valence-electron chi connectivity index (χ4n) is 3.11. The number of hydrogen-bond donors (Lipinski definition) is 2. The number of methoxy groups -OCH3 is 1. The molecular formula is C21H22N2O4S2. The second-order valence-corrected chi connectivity index (χ2v) is 9.27. The molecule has 2 aromatic rings. The first-order valence-electron chi connectivity index (χ1n) is 8.80. The van der Waals surface area contributed by atoms with Crippen molar-refractivity contribution in [3.63, 3.8) is 0 Å². The van der Waals surface area contributed by atoms with Crippen molar-refractivity contribution in [1.82, 2.24) is 5.32 Å². The number of sulfonamides is 1. The predicted octanol–water partition coefficient (Wildman–Crippen LogP) is 3.80. The van der Waals surface area contributed by atoms with E-state index in [1.54, 1.807) is 19.3 Å². The molecule has 0 saturated carbocycles. The van der Waals surface area contributed by atoms with Crippen molar-refractivity contribution < 1.29 is 17.9 Å². The number of anilines is 1. The Balaban J connectivity index is 2.18. The summed E-state index contributed by atoms with van der Waals surface area (Å²) in [4.78, 5) is 13.1. The summed E-state index contributed by atoms with van der Waals surface area (Å²) in [6.07, 6.45) is 4.73. The van der Waals surface area contributed by atoms with Gasteiger partial charge in [-0.05, 0) is 53.3 Å². The van der Waals surface area contributed by atoms with Crippen molar-refractivity contribution in [3.8, 4) is 0 Å². The Labute approximate surface area is 174 Å². The Morgan fingerprint density at radius 1 is 1.28 bits per heavy atom. The van der Waals surface area contributed by atoms with Gasteiger partial charge in [0.25, 0.3) is 5.91 Å². The third-order valence-electron chi connectivity index (χ3n) is 4.42. The summed E-state index contributed by atoms with van der Waals surface area (Å²) in [5.74, 6) is 0.455. The van der Waals surface area contributed by atoms with Gasteiger partial charge in [-0.1, -0.05) is 18.7 Å². The zero-order valence-corrected chi connectivity index (χ0v) is 18.0. The number of aryl methyl sites for hydroxylation is 1. The van der Waals surface area contributed by atoms with E-state index in [-0.39, 0.29) is 5.91 Å². The highest BCUT2D eigenvalue weighted by Gasteiger charge is 2.22. The van der Waals surface area contributed by atoms with E-state index in [9.17, 15) is 13.2 Å². The second kappa shape index (κ2) is 8.26. The van der Waals surface area contributed by atoms with Gasteiger partial charge in [-0.25, -0.2) is 8.42 Å². The lowest BCUT2D eigenvalue weighted by Gasteiger charge is -2.18. The highest BCUT2D eigenvalue weighted by Crippen LogP contribution is 2.38. The molecule has 0 atom stereocenters. The normalized spacial score (nSPS) is 18.6. The van der Waals surface area contributed by atoms with Crippen molar-refractivity contribution in [2.45, 2.75) is 6.92 Å². The molecule has 6 nitrogen and oxygen atoms in total. The van der Waals surface area contributed by atoms with Crippen LogP contribution in [0.3, 0.4) is 0 Å². The molecule has 1 aromatic heterocycles. The van der Waals surface area contributed by atoms with Gasteiger partial charge < -0.3 is 10.1 Å². The Morgan fingerprint density at radius 2 is 2.03 bits per heavy atom. The molecular weight excluding hydrogens is 408 g/mol. The lowest BCUT2D eigenvalue weighted by molar-refractivity contribution is 0.0961. The number of benzene rings is 1. The summed E-state index contributed by atoms with van der Waals surface area (Å²) < 4.78 is 31.3. The number of hydrogen-bond acceptors (Lipinski definition) is 5. The molecule has 0 bridgehead atoms. The number of fused-ring (bicyclic) bond motifs is 1. The van der Waals surface area contributed by atoms with Crippen LogP contribution >= 0.6 is 11.3 Å². The highest BCUT2D eigenvalue weighted by atomic mass is 32.2. The van der Waals surface area contributed by atoms with Crippen LogP contribution in [-0.2, 0) is 14.8 Å². The third kappa shape index (κ3) is 4.60. The first-order chi connectivity index (χ1) is 13.7. The maximum Gasteiger partial charge on any atom is 0.262 e. The quantitative estimate of drug-likeness (QED) is 0.773. The molecule has 2 N–H and O–H groups in total. The molecule has 8 heteroatoms. The molecule has 1 amide bonds. The summed E-state index contributed by atoms with van der Waals surface area (Å²) in [6.45, 7) is 6.45. The van der Waals surface area contributed by atoms with E-state index in [4.69, 9.17) is 4.74 Å². The van der Waals surface area contributed by atoms with Crippen LogP contribution in [0.25, 0.3) is 11.1 Å². The highest BCUT2D eigenvalue weighted by molar-refractivity contribution is 7.92. The van der Waals surface area contributed by atoms with Gasteiger partial charge in [0, 0.05) is 17.7 Å². The van der Waals surface area contributed by atoms with E-state index in [0.717, 1.165) is 28.5 Å². The Hall–Kier alpha value is -2.84. The summed E-state index contributed by atoms with van der Waals surface area (Å²) in [7, 11) is -1.80. The van der Waals surface area contributed by atoms with Crippen molar-refractivity contribution in [2.75, 3.05) is 24.6 Å². The van der Waals surface area contributed by atoms with Gasteiger partial charge in [-0.2, -0.15) is 0 Å². The number of thiophene rings is 1. The summed E-state index contributed by atoms with van der Waals surface area (Å²) in [5, 5.41) is 4.71. The first-order valence-corrected chi connectivity index (χ1v) is 11.6. The summed E-state index contributed by atoms with van der Waals surface area (Å²) in [5.41, 5.74) is 4.21. The minimum Gasteiger partial charge on any atom is -0.496 e. The molecule has 0 aliphatic carbocycles. The summed E-state index contributed by atoms with van der Waals surface area (Å²) >= 11 is 1.36. The van der Waals surface area contributed by atoms with E-state index < -0.39 is 10.0 Å². The Bertz CT molecular complexity index is 1140. The van der Waals surface area contributed by atoms with Crippen molar-refractivity contribution in [1.29, 1.82) is 0 Å². The molecule has 1 aliphatic rings. The molecule has 2 heterocycles. The maximum absolute atomic E-state index is 12.5. The van der Waals surface area contributed by atoms with Gasteiger partial charge in [0.1, 0.15) is 5.76 Å². The number of rotatable bonds is 4. The van der Waals surface area contributed by atoms with Gasteiger partial charge >= 0.3 is 0 Å². The molecule has 29 heavy (non-hydrogen) atoms. The number of carbonyl (C=O) groups is 1. The fraction of sp³-hybridized carbons (Fsp3) is 0.190. The standard InChI is InChI=1S/C21H22N2O4S2/c1-13-12-15(7-8-17(13)23-29(4,25)26)19-14(2)16-9-11-28-20(16)21(24)22-10-5-6-18(19)27-3/h5-9,11-12,23H,2,10H2,1,3-4H3,(H,22,24)/b6-5-,19-18-. The van der Waals surface area contributed by atoms with Crippen LogP contribution in [0, 0.1) is 6.92 Å². The number of ether oxygens (including phenoxy) is 1. The lowest BCUT2D eigenvalue weighted by Crippen LogP contribution is -2.23. The molecule has 1 aromatic carbocycles. The fourth-order valence-corrected chi connectivity index (χ4v) is 4.57. The molecule has 0 unspecified atom stereocenters. The van der Waals surface area contributed by atoms with Crippen molar-refractivity contribution >= 4 is 44.1 Å². The number of carbonyl (C=O) groups excluding carboxylic acids is 1. The molecule has 0 fully saturated rings. The Kier molecular flexibility index (Phi) is 5.95. The minimum atomic E-state index is -3.38. The van der Waals surface area contributed by atoms with E-state index in [0.29, 0.717) is 28.4 Å². The van der Waals surface area contributed by atoms with Gasteiger partial charge in [-0.3, -0.25) is 9.52 Å². The zero-order chi connectivity index (χ0) is 21.2. The number of nitrogens with one attached hydrogen (secondary N) is 2. The molecule has 0 saturated heterocycles. The average Bonchev–Trinajstić information content (AvgIpc) is 3.14. The number of allylic oxidation sites excluding steroid dienone is 3. The van der Waals surface area contributed by atoms with Gasteiger partial charge in [0.05, 0.1) is 23.9 Å². The van der Waals surface area contributed by atoms with E-state index in [1.165, 1.54) is 11.3 Å². The molecule has 1 aliphatic heterocycles. The molecule has 0 radical (unpaired) electrons. The SMILES string of the molecule is C=C1/C(c2ccc(NS(C)(=O)=O)c(C)c2)=C(OC)\C=C/CNC(=O)c2sccc21. The van der Waals surface area contributed by atoms with E-state index in [1.807, 2.05) is 36.6 Å². The third-order valence-corrected chi connectivity index (χ3v) is 5.93. The Morgan fingerprint density at radius 3 is 2.69 bits per heavy atom.